The molecule has 0 amide bonds. The van der Waals surface area contributed by atoms with Crippen LogP contribution in [0, 0.1) is 22.7 Å². The topological polar surface area (TPSA) is 80.9 Å². The first-order valence-corrected chi connectivity index (χ1v) is 14.0. The Bertz CT molecular complexity index is 1110. The second-order valence-electron chi connectivity index (χ2n) is 12.7. The summed E-state index contributed by atoms with van der Waals surface area (Å²) in [6, 6.07) is 0. The summed E-state index contributed by atoms with van der Waals surface area (Å²) in [5.74, 6) is -4.56. The van der Waals surface area contributed by atoms with Gasteiger partial charge < -0.3 is 20.4 Å². The van der Waals surface area contributed by atoms with Crippen LogP contribution in [0.25, 0.3) is 0 Å². The molecule has 0 aliphatic heterocycles. The van der Waals surface area contributed by atoms with Gasteiger partial charge in [0.15, 0.2) is 0 Å². The van der Waals surface area contributed by atoms with Crippen LogP contribution in [0.3, 0.4) is 0 Å². The number of halogens is 4. The van der Waals surface area contributed by atoms with Crippen LogP contribution in [0.5, 0.6) is 0 Å². The molecule has 0 heterocycles. The second-order valence-corrected chi connectivity index (χ2v) is 12.7. The van der Waals surface area contributed by atoms with Crippen molar-refractivity contribution in [3.63, 3.8) is 0 Å². The van der Waals surface area contributed by atoms with Gasteiger partial charge in [-0.1, -0.05) is 49.6 Å². The van der Waals surface area contributed by atoms with Crippen molar-refractivity contribution in [3.05, 3.63) is 35.5 Å². The van der Waals surface area contributed by atoms with E-state index in [9.17, 15) is 38.0 Å². The van der Waals surface area contributed by atoms with Crippen molar-refractivity contribution in [2.75, 3.05) is 0 Å². The van der Waals surface area contributed by atoms with Crippen molar-refractivity contribution in [3.8, 4) is 0 Å². The molecular weight excluding hydrogens is 512 g/mol. The lowest BCUT2D eigenvalue weighted by molar-refractivity contribution is -0.290. The number of allylic oxidation sites excluding steroid dienone is 4. The zero-order valence-electron chi connectivity index (χ0n) is 28.9. The average Bonchev–Trinajstić information content (AvgIpc) is 3.23. The summed E-state index contributed by atoms with van der Waals surface area (Å²) in [4.78, 5) is 0. The van der Waals surface area contributed by atoms with Crippen LogP contribution in [0.2, 0.25) is 0 Å². The summed E-state index contributed by atoms with van der Waals surface area (Å²) in [5, 5.41) is 40.3. The van der Waals surface area contributed by atoms with E-state index in [0.29, 0.717) is 25.7 Å². The summed E-state index contributed by atoms with van der Waals surface area (Å²) in [6.45, 7) is -2.49. The molecule has 3 saturated carbocycles. The molecule has 3 rings (SSSR count). The molecule has 3 aliphatic rings. The Morgan fingerprint density at radius 1 is 1.03 bits per heavy atom. The maximum atomic E-state index is 14.0. The molecule has 0 spiro atoms. The van der Waals surface area contributed by atoms with Crippen LogP contribution in [0.15, 0.2) is 35.5 Å². The molecule has 3 aliphatic carbocycles. The van der Waals surface area contributed by atoms with Gasteiger partial charge in [-0.25, -0.2) is 0 Å². The highest BCUT2D eigenvalue weighted by Crippen LogP contribution is 2.63. The molecule has 8 heteroatoms. The standard InChI is InChI=1S/C31H48F4O4/c1-27(2,38)13-6-14-28(3,15-7-17-30(32,39)31(33,34)35)26-12-11-25-22(8-5-16-29(25,26)4)10-9-21-18-23(36)20-24(37)19-21/h7,9-10,17,23-26,36-39H,5-6,8,11-16,18-20H2,1-4H3/b17-7+,22-10+/t23-,24-,25?,26-,28?,29+,30?/m1/s1/i1D3,2D3. The molecule has 224 valence electrons. The van der Waals surface area contributed by atoms with Crippen molar-refractivity contribution in [2.45, 2.75) is 134 Å². The molecule has 3 fully saturated rings. The molecule has 0 saturated heterocycles. The lowest BCUT2D eigenvalue weighted by Gasteiger charge is -2.49. The first-order chi connectivity index (χ1) is 20.4. The molecule has 3 unspecified atom stereocenters. The Morgan fingerprint density at radius 2 is 1.69 bits per heavy atom. The van der Waals surface area contributed by atoms with Gasteiger partial charge >= 0.3 is 12.0 Å². The Kier molecular flexibility index (Phi) is 7.47. The van der Waals surface area contributed by atoms with Crippen LogP contribution >= 0.6 is 0 Å². The lowest BCUT2D eigenvalue weighted by Crippen LogP contribution is -2.42. The molecule has 7 atom stereocenters. The number of alkyl halides is 4. The predicted molar refractivity (Wildman–Crippen MR) is 144 cm³/mol. The quantitative estimate of drug-likeness (QED) is 0.178. The zero-order valence-corrected chi connectivity index (χ0v) is 22.9. The van der Waals surface area contributed by atoms with Crippen molar-refractivity contribution < 1.29 is 46.2 Å². The van der Waals surface area contributed by atoms with Gasteiger partial charge in [-0.05, 0) is 113 Å². The Morgan fingerprint density at radius 3 is 2.31 bits per heavy atom. The van der Waals surface area contributed by atoms with Crippen molar-refractivity contribution in [1.29, 1.82) is 0 Å². The molecule has 39 heavy (non-hydrogen) atoms. The summed E-state index contributed by atoms with van der Waals surface area (Å²) < 4.78 is 99.3. The lowest BCUT2D eigenvalue weighted by atomic mass is 9.55. The van der Waals surface area contributed by atoms with Crippen LogP contribution in [0.1, 0.15) is 113 Å². The Labute approximate surface area is 239 Å². The van der Waals surface area contributed by atoms with E-state index in [1.54, 1.807) is 0 Å². The Hall–Kier alpha value is -1.22. The minimum atomic E-state index is -5.54. The average molecular weight is 567 g/mol. The van der Waals surface area contributed by atoms with Crippen molar-refractivity contribution in [1.82, 2.24) is 0 Å². The Balaban J connectivity index is 1.93. The SMILES string of the molecule is [2H]C([2H])([2H])C(O)(CCCC(C)(C/C=C/C(O)(F)C(F)(F)F)[C@H]1CCC2/C(=C/C=C3C[C@@H](O)C[C@H](O)C3)CCC[C@@]21C)C([2H])([2H])[2H]. The number of hydrogen-bond acceptors (Lipinski definition) is 4. The molecule has 0 bridgehead atoms. The third kappa shape index (κ3) is 7.96. The highest BCUT2D eigenvalue weighted by molar-refractivity contribution is 5.26. The van der Waals surface area contributed by atoms with Crippen LogP contribution in [-0.4, -0.2) is 50.3 Å². The molecular formula is C31H48F4O4. The molecule has 4 nitrogen and oxygen atoms in total. The third-order valence-corrected chi connectivity index (χ3v) is 9.49. The van der Waals surface area contributed by atoms with Crippen molar-refractivity contribution >= 4 is 0 Å². The van der Waals surface area contributed by atoms with Crippen molar-refractivity contribution in [2.24, 2.45) is 22.7 Å². The molecule has 0 aromatic carbocycles. The summed E-state index contributed by atoms with van der Waals surface area (Å²) in [7, 11) is 0. The van der Waals surface area contributed by atoms with E-state index in [1.807, 2.05) is 13.0 Å². The first kappa shape index (κ1) is 24.4. The molecule has 4 N–H and O–H groups in total. The summed E-state index contributed by atoms with van der Waals surface area (Å²) >= 11 is 0. The van der Waals surface area contributed by atoms with E-state index in [1.165, 1.54) is 5.57 Å². The minimum Gasteiger partial charge on any atom is -0.393 e. The smallest absolute Gasteiger partial charge is 0.393 e. The third-order valence-electron chi connectivity index (χ3n) is 9.49. The fourth-order valence-corrected chi connectivity index (χ4v) is 7.66. The fourth-order valence-electron chi connectivity index (χ4n) is 7.66. The minimum absolute atomic E-state index is 0.0620. The van der Waals surface area contributed by atoms with E-state index >= 15 is 0 Å². The molecule has 0 aromatic rings. The van der Waals surface area contributed by atoms with Crippen LogP contribution < -0.4 is 0 Å². The van der Waals surface area contributed by atoms with Crippen LogP contribution in [-0.2, 0) is 0 Å². The van der Waals surface area contributed by atoms with E-state index < -0.39 is 55.4 Å². The highest BCUT2D eigenvalue weighted by Gasteiger charge is 2.56. The zero-order chi connectivity index (χ0) is 34.3. The van der Waals surface area contributed by atoms with E-state index in [0.717, 1.165) is 37.3 Å². The number of aliphatic hydroxyl groups is 4. The number of fused-ring (bicyclic) bond motifs is 1. The van der Waals surface area contributed by atoms with E-state index in [-0.39, 0.29) is 42.6 Å². The predicted octanol–water partition coefficient (Wildman–Crippen LogP) is 7.08. The fraction of sp³-hybridized carbons (Fsp3) is 0.806. The van der Waals surface area contributed by atoms with Gasteiger partial charge in [0.25, 0.3) is 0 Å². The van der Waals surface area contributed by atoms with E-state index in [2.05, 4.69) is 13.0 Å². The molecule has 0 aromatic heterocycles. The number of aliphatic hydroxyl groups excluding tert-OH is 2. The maximum absolute atomic E-state index is 14.0. The second kappa shape index (κ2) is 11.9. The molecule has 0 radical (unpaired) electrons. The van der Waals surface area contributed by atoms with Gasteiger partial charge in [-0.2, -0.15) is 17.6 Å². The van der Waals surface area contributed by atoms with Gasteiger partial charge in [0.1, 0.15) is 0 Å². The van der Waals surface area contributed by atoms with Gasteiger partial charge in [-0.3, -0.25) is 0 Å². The van der Waals surface area contributed by atoms with E-state index in [4.69, 9.17) is 8.22 Å². The monoisotopic (exact) mass is 566 g/mol. The van der Waals surface area contributed by atoms with Crippen LogP contribution in [0.4, 0.5) is 17.6 Å². The van der Waals surface area contributed by atoms with Gasteiger partial charge in [0.05, 0.1) is 17.8 Å². The van der Waals surface area contributed by atoms with Gasteiger partial charge in [0.2, 0.25) is 0 Å². The van der Waals surface area contributed by atoms with Gasteiger partial charge in [-0.15, -0.1) is 0 Å². The van der Waals surface area contributed by atoms with Gasteiger partial charge in [0, 0.05) is 8.22 Å². The highest BCUT2D eigenvalue weighted by atomic mass is 19.4. The largest absolute Gasteiger partial charge is 0.452 e. The summed E-state index contributed by atoms with van der Waals surface area (Å²) in [6.07, 6.45) is 2.90. The summed E-state index contributed by atoms with van der Waals surface area (Å²) in [5.41, 5.74) is -2.03. The maximum Gasteiger partial charge on any atom is 0.452 e. The normalized spacial score (nSPS) is 37.6. The number of rotatable bonds is 9. The first-order valence-electron chi connectivity index (χ1n) is 17.0. The number of hydrogen-bond donors (Lipinski definition) is 4.